The molecule has 2 heterocycles. The van der Waals surface area contributed by atoms with E-state index in [2.05, 4.69) is 9.97 Å². The van der Waals surface area contributed by atoms with Gasteiger partial charge in [-0.05, 0) is 37.3 Å². The second-order valence-electron chi connectivity index (χ2n) is 4.25. The van der Waals surface area contributed by atoms with E-state index in [1.165, 1.54) is 0 Å². The fraction of sp³-hybridized carbons (Fsp3) is 0.143. The smallest absolute Gasteiger partial charge is 0.231 e. The van der Waals surface area contributed by atoms with E-state index in [-0.39, 0.29) is 0 Å². The summed E-state index contributed by atoms with van der Waals surface area (Å²) in [6.45, 7) is 1.91. The van der Waals surface area contributed by atoms with Crippen LogP contribution in [0, 0.1) is 6.92 Å². The Morgan fingerprint density at radius 3 is 2.79 bits per heavy atom. The quantitative estimate of drug-likeness (QED) is 0.713. The van der Waals surface area contributed by atoms with E-state index in [9.17, 15) is 0 Å². The lowest BCUT2D eigenvalue weighted by atomic mass is 10.1. The number of ether oxygens (including phenoxy) is 1. The van der Waals surface area contributed by atoms with Gasteiger partial charge in [-0.15, -0.1) is 0 Å². The number of nitrogens with zero attached hydrogens (tertiary/aromatic N) is 2. The molecule has 0 saturated heterocycles. The maximum atomic E-state index is 5.95. The highest BCUT2D eigenvalue weighted by molar-refractivity contribution is 5.78. The van der Waals surface area contributed by atoms with Gasteiger partial charge in [0.1, 0.15) is 5.75 Å². The maximum absolute atomic E-state index is 5.95. The SMILES string of the molecule is COc1ccc(N)c(-c2nc3nc(C)ccc3o2)c1. The third-order valence-electron chi connectivity index (χ3n) is 2.88. The molecule has 0 saturated carbocycles. The summed E-state index contributed by atoms with van der Waals surface area (Å²) in [6.07, 6.45) is 0. The van der Waals surface area contributed by atoms with Crippen LogP contribution in [-0.2, 0) is 0 Å². The number of fused-ring (bicyclic) bond motifs is 1. The summed E-state index contributed by atoms with van der Waals surface area (Å²) in [4.78, 5) is 8.68. The van der Waals surface area contributed by atoms with E-state index >= 15 is 0 Å². The van der Waals surface area contributed by atoms with Crippen LogP contribution in [0.2, 0.25) is 0 Å². The number of benzene rings is 1. The molecule has 0 unspecified atom stereocenters. The van der Waals surface area contributed by atoms with Gasteiger partial charge in [-0.3, -0.25) is 0 Å². The van der Waals surface area contributed by atoms with E-state index in [1.807, 2.05) is 19.1 Å². The number of oxazole rings is 1. The number of nitrogen functional groups attached to an aromatic ring is 1. The zero-order chi connectivity index (χ0) is 13.4. The average Bonchev–Trinajstić information content (AvgIpc) is 2.82. The predicted octanol–water partition coefficient (Wildman–Crippen LogP) is 2.79. The number of hydrogen-bond acceptors (Lipinski definition) is 5. The molecule has 3 rings (SSSR count). The fourth-order valence-corrected chi connectivity index (χ4v) is 1.88. The van der Waals surface area contributed by atoms with E-state index in [4.69, 9.17) is 14.9 Å². The maximum Gasteiger partial charge on any atom is 0.231 e. The van der Waals surface area contributed by atoms with Crippen LogP contribution in [0.25, 0.3) is 22.7 Å². The van der Waals surface area contributed by atoms with Crippen molar-refractivity contribution in [1.29, 1.82) is 0 Å². The molecule has 0 atom stereocenters. The van der Waals surface area contributed by atoms with E-state index in [0.717, 1.165) is 5.69 Å². The summed E-state index contributed by atoms with van der Waals surface area (Å²) >= 11 is 0. The zero-order valence-electron chi connectivity index (χ0n) is 10.7. The van der Waals surface area contributed by atoms with Gasteiger partial charge in [0, 0.05) is 11.4 Å². The third-order valence-corrected chi connectivity index (χ3v) is 2.88. The minimum absolute atomic E-state index is 0.449. The molecule has 0 aliphatic carbocycles. The Bertz CT molecular complexity index is 750. The minimum Gasteiger partial charge on any atom is -0.497 e. The molecule has 19 heavy (non-hydrogen) atoms. The number of aromatic nitrogens is 2. The van der Waals surface area contributed by atoms with Gasteiger partial charge in [0.15, 0.2) is 11.2 Å². The van der Waals surface area contributed by atoms with Crippen molar-refractivity contribution in [1.82, 2.24) is 9.97 Å². The average molecular weight is 255 g/mol. The van der Waals surface area contributed by atoms with Gasteiger partial charge in [-0.2, -0.15) is 4.98 Å². The van der Waals surface area contributed by atoms with Crippen LogP contribution in [0.5, 0.6) is 5.75 Å². The van der Waals surface area contributed by atoms with E-state index in [0.29, 0.717) is 34.1 Å². The largest absolute Gasteiger partial charge is 0.497 e. The molecule has 1 aromatic carbocycles. The molecule has 0 bridgehead atoms. The monoisotopic (exact) mass is 255 g/mol. The number of pyridine rings is 1. The fourth-order valence-electron chi connectivity index (χ4n) is 1.88. The molecule has 5 heteroatoms. The standard InChI is InChI=1S/C14H13N3O2/c1-8-3-6-12-13(16-8)17-14(19-12)10-7-9(18-2)4-5-11(10)15/h3-7H,15H2,1-2H3. The zero-order valence-corrected chi connectivity index (χ0v) is 10.7. The molecule has 0 radical (unpaired) electrons. The molecule has 0 spiro atoms. The molecule has 2 aromatic heterocycles. The van der Waals surface area contributed by atoms with Crippen molar-refractivity contribution in [3.05, 3.63) is 36.0 Å². The van der Waals surface area contributed by atoms with Crippen LogP contribution in [0.15, 0.2) is 34.7 Å². The molecule has 0 aliphatic heterocycles. The van der Waals surface area contributed by atoms with Crippen molar-refractivity contribution in [3.8, 4) is 17.2 Å². The van der Waals surface area contributed by atoms with Crippen LogP contribution in [0.4, 0.5) is 5.69 Å². The van der Waals surface area contributed by atoms with Crippen molar-refractivity contribution >= 4 is 16.9 Å². The lowest BCUT2D eigenvalue weighted by Gasteiger charge is -2.04. The van der Waals surface area contributed by atoms with Crippen LogP contribution < -0.4 is 10.5 Å². The summed E-state index contributed by atoms with van der Waals surface area (Å²) in [5.74, 6) is 1.15. The van der Waals surface area contributed by atoms with Gasteiger partial charge >= 0.3 is 0 Å². The molecular weight excluding hydrogens is 242 g/mol. The van der Waals surface area contributed by atoms with Crippen LogP contribution in [0.1, 0.15) is 5.69 Å². The van der Waals surface area contributed by atoms with Crippen molar-refractivity contribution in [2.45, 2.75) is 6.92 Å². The second kappa shape index (κ2) is 4.28. The van der Waals surface area contributed by atoms with E-state index < -0.39 is 0 Å². The van der Waals surface area contributed by atoms with Gasteiger partial charge in [-0.1, -0.05) is 0 Å². The Hall–Kier alpha value is -2.56. The number of aryl methyl sites for hydroxylation is 1. The van der Waals surface area contributed by atoms with Crippen molar-refractivity contribution in [3.63, 3.8) is 0 Å². The summed E-state index contributed by atoms with van der Waals surface area (Å²) in [7, 11) is 1.60. The lowest BCUT2D eigenvalue weighted by molar-refractivity contribution is 0.415. The number of rotatable bonds is 2. The summed E-state index contributed by atoms with van der Waals surface area (Å²) < 4.78 is 10.9. The van der Waals surface area contributed by atoms with Gasteiger partial charge in [-0.25, -0.2) is 4.98 Å². The Morgan fingerprint density at radius 1 is 1.16 bits per heavy atom. The number of nitrogens with two attached hydrogens (primary N) is 1. The van der Waals surface area contributed by atoms with Crippen LogP contribution >= 0.6 is 0 Å². The molecule has 3 aromatic rings. The first-order valence-corrected chi connectivity index (χ1v) is 5.85. The van der Waals surface area contributed by atoms with E-state index in [1.54, 1.807) is 25.3 Å². The molecule has 2 N–H and O–H groups in total. The molecule has 0 aliphatic rings. The number of hydrogen-bond donors (Lipinski definition) is 1. The first-order chi connectivity index (χ1) is 9.17. The highest BCUT2D eigenvalue weighted by atomic mass is 16.5. The normalized spacial score (nSPS) is 10.8. The topological polar surface area (TPSA) is 74.2 Å². The van der Waals surface area contributed by atoms with Crippen LogP contribution in [0.3, 0.4) is 0 Å². The molecule has 0 amide bonds. The lowest BCUT2D eigenvalue weighted by Crippen LogP contribution is -1.92. The van der Waals surface area contributed by atoms with Gasteiger partial charge < -0.3 is 14.9 Å². The van der Waals surface area contributed by atoms with Crippen LogP contribution in [-0.4, -0.2) is 17.1 Å². The minimum atomic E-state index is 0.449. The molecule has 5 nitrogen and oxygen atoms in total. The Kier molecular flexibility index (Phi) is 2.59. The summed E-state index contributed by atoms with van der Waals surface area (Å²) in [5, 5.41) is 0. The first kappa shape index (κ1) is 11.5. The first-order valence-electron chi connectivity index (χ1n) is 5.85. The Labute approximate surface area is 110 Å². The van der Waals surface area contributed by atoms with Crippen molar-refractivity contribution in [2.24, 2.45) is 0 Å². The molecule has 96 valence electrons. The summed E-state index contributed by atoms with van der Waals surface area (Å²) in [5.41, 5.74) is 9.36. The molecular formula is C14H13N3O2. The Balaban J connectivity index is 2.18. The predicted molar refractivity (Wildman–Crippen MR) is 72.9 cm³/mol. The number of methoxy groups -OCH3 is 1. The number of anilines is 1. The second-order valence-corrected chi connectivity index (χ2v) is 4.25. The van der Waals surface area contributed by atoms with Gasteiger partial charge in [0.2, 0.25) is 5.89 Å². The Morgan fingerprint density at radius 2 is 2.00 bits per heavy atom. The van der Waals surface area contributed by atoms with Crippen molar-refractivity contribution < 1.29 is 9.15 Å². The molecule has 0 fully saturated rings. The third kappa shape index (κ3) is 1.99. The summed E-state index contributed by atoms with van der Waals surface area (Å²) in [6, 6.07) is 9.09. The van der Waals surface area contributed by atoms with Gasteiger partial charge in [0.25, 0.3) is 0 Å². The highest BCUT2D eigenvalue weighted by Crippen LogP contribution is 2.31. The highest BCUT2D eigenvalue weighted by Gasteiger charge is 2.13. The van der Waals surface area contributed by atoms with Crippen molar-refractivity contribution in [2.75, 3.05) is 12.8 Å². The van der Waals surface area contributed by atoms with Gasteiger partial charge in [0.05, 0.1) is 12.7 Å².